The molecule has 4 aliphatic heterocycles. The smallest absolute Gasteiger partial charge is 0.272 e. The van der Waals surface area contributed by atoms with Gasteiger partial charge in [0.1, 0.15) is 30.0 Å². The Labute approximate surface area is 202 Å². The summed E-state index contributed by atoms with van der Waals surface area (Å²) in [6.45, 7) is 0. The number of aliphatic hydroxyl groups is 3. The molecule has 0 unspecified atom stereocenters. The molecule has 6 rings (SSSR count). The number of hydrogen-bond donors (Lipinski definition) is 4. The third-order valence-corrected chi connectivity index (χ3v) is 10.1. The maximum absolute atomic E-state index is 13.7. The second-order valence-electron chi connectivity index (χ2n) is 8.63. The molecule has 1 aromatic carbocycles. The molecule has 184 valence electrons. The first-order chi connectivity index (χ1) is 16.1. The van der Waals surface area contributed by atoms with E-state index in [1.807, 2.05) is 0 Å². The van der Waals surface area contributed by atoms with Gasteiger partial charge in [-0.05, 0) is 6.07 Å². The molecule has 2 amide bonds. The lowest BCUT2D eigenvalue weighted by Crippen LogP contribution is -2.77. The number of carbonyl (C=O) groups is 2. The van der Waals surface area contributed by atoms with Crippen LogP contribution in [0.4, 0.5) is 0 Å². The SMILES string of the molecule is COc1ccc([C@H]2SS[C@@]34C[C@]5(O)[C@H](O)C=C[C@@H](O)[C@@H]5ON3C(=O)[C@@H]2N(C)C4=O)c(O)c1OC. The Morgan fingerprint density at radius 2 is 1.91 bits per heavy atom. The Kier molecular flexibility index (Phi) is 5.50. The number of methoxy groups -OCH3 is 2. The van der Waals surface area contributed by atoms with E-state index in [1.165, 1.54) is 49.1 Å². The first kappa shape index (κ1) is 23.6. The number of phenols is 1. The standard InChI is InChI=1S/C21H24N2O9S2/c1-22-13-16(9-4-6-11(30-2)15(31-3)14(9)26)33-34-21(19(22)28)8-20(29)12(25)7-5-10(24)17(20)32-23(21)18(13)27/h4-7,10,12-13,16-17,24-26,29H,8H2,1-3H3/t10-,12-,13-,16-,17+,20+,21-/m1/s1. The van der Waals surface area contributed by atoms with E-state index < -0.39 is 51.9 Å². The molecule has 11 nitrogen and oxygen atoms in total. The lowest BCUT2D eigenvalue weighted by Gasteiger charge is -2.57. The van der Waals surface area contributed by atoms with E-state index in [2.05, 4.69) is 0 Å². The molecule has 13 heteroatoms. The van der Waals surface area contributed by atoms with Gasteiger partial charge in [-0.3, -0.25) is 14.4 Å². The minimum atomic E-state index is -2.01. The lowest BCUT2D eigenvalue weighted by atomic mass is 9.75. The third-order valence-electron chi connectivity index (χ3n) is 6.83. The summed E-state index contributed by atoms with van der Waals surface area (Å²) >= 11 is 0. The number of hydroxylamine groups is 2. The van der Waals surface area contributed by atoms with Gasteiger partial charge in [-0.2, -0.15) is 5.06 Å². The van der Waals surface area contributed by atoms with E-state index in [-0.39, 0.29) is 17.9 Å². The summed E-state index contributed by atoms with van der Waals surface area (Å²) in [6, 6.07) is 2.14. The molecular formula is C21H24N2O9S2. The van der Waals surface area contributed by atoms with Gasteiger partial charge in [-0.25, -0.2) is 0 Å². The molecule has 5 aliphatic rings. The van der Waals surface area contributed by atoms with E-state index in [0.717, 1.165) is 15.9 Å². The van der Waals surface area contributed by atoms with Crippen LogP contribution in [0.2, 0.25) is 0 Å². The number of ether oxygens (including phenoxy) is 2. The number of nitrogens with zero attached hydrogens (tertiary/aromatic N) is 2. The average molecular weight is 513 g/mol. The average Bonchev–Trinajstić information content (AvgIpc) is 3.00. The fraction of sp³-hybridized carbons (Fsp3) is 0.524. The highest BCUT2D eigenvalue weighted by molar-refractivity contribution is 8.77. The highest BCUT2D eigenvalue weighted by atomic mass is 33.1. The van der Waals surface area contributed by atoms with Gasteiger partial charge in [-0.15, -0.1) is 0 Å². The number of likely N-dealkylation sites (N-methyl/N-ethyl adjacent to an activating group) is 1. The third kappa shape index (κ3) is 2.94. The molecule has 4 N–H and O–H groups in total. The number of rotatable bonds is 3. The summed E-state index contributed by atoms with van der Waals surface area (Å²) in [7, 11) is 6.47. The molecule has 2 bridgehead atoms. The largest absolute Gasteiger partial charge is 0.504 e. The summed E-state index contributed by atoms with van der Waals surface area (Å²) in [4.78, 5) is 32.8. The van der Waals surface area contributed by atoms with Crippen molar-refractivity contribution in [3.63, 3.8) is 0 Å². The van der Waals surface area contributed by atoms with Gasteiger partial charge < -0.3 is 34.8 Å². The zero-order chi connectivity index (χ0) is 24.6. The van der Waals surface area contributed by atoms with Crippen LogP contribution in [0.25, 0.3) is 0 Å². The van der Waals surface area contributed by atoms with Crippen LogP contribution in [-0.2, 0) is 14.4 Å². The zero-order valence-electron chi connectivity index (χ0n) is 18.4. The summed E-state index contributed by atoms with van der Waals surface area (Å²) in [6.07, 6.45) is -1.89. The Hall–Kier alpha value is -2.16. The molecule has 0 aromatic heterocycles. The molecule has 0 saturated carbocycles. The summed E-state index contributed by atoms with van der Waals surface area (Å²) in [5.41, 5.74) is -1.66. The maximum Gasteiger partial charge on any atom is 0.272 e. The Bertz CT molecular complexity index is 1090. The maximum atomic E-state index is 13.7. The van der Waals surface area contributed by atoms with Crippen molar-refractivity contribution >= 4 is 33.4 Å². The summed E-state index contributed by atoms with van der Waals surface area (Å²) < 4.78 is 10.5. The van der Waals surface area contributed by atoms with Crippen molar-refractivity contribution in [2.75, 3.05) is 21.3 Å². The van der Waals surface area contributed by atoms with Crippen LogP contribution in [-0.4, -0.2) is 98.3 Å². The van der Waals surface area contributed by atoms with Crippen molar-refractivity contribution in [1.82, 2.24) is 9.96 Å². The number of hydrogen-bond acceptors (Lipinski definition) is 11. The van der Waals surface area contributed by atoms with Gasteiger partial charge in [0, 0.05) is 19.0 Å². The Balaban J connectivity index is 1.61. The van der Waals surface area contributed by atoms with Gasteiger partial charge in [0.2, 0.25) is 10.6 Å². The van der Waals surface area contributed by atoms with Crippen molar-refractivity contribution in [2.24, 2.45) is 0 Å². The van der Waals surface area contributed by atoms with E-state index >= 15 is 0 Å². The number of aliphatic hydroxyl groups excluding tert-OH is 2. The molecule has 4 heterocycles. The molecule has 4 fully saturated rings. The number of benzene rings is 1. The molecule has 1 spiro atoms. The monoisotopic (exact) mass is 512 g/mol. The van der Waals surface area contributed by atoms with E-state index in [9.17, 15) is 30.0 Å². The fourth-order valence-electron chi connectivity index (χ4n) is 5.04. The number of fused-ring (bicyclic) bond motifs is 4. The molecule has 1 aliphatic carbocycles. The normalized spacial score (nSPS) is 38.9. The first-order valence-corrected chi connectivity index (χ1v) is 12.6. The molecule has 4 saturated heterocycles. The highest BCUT2D eigenvalue weighted by Crippen LogP contribution is 2.62. The number of phenolic OH excluding ortho intramolecular Hbond substituents is 1. The number of aromatic hydroxyl groups is 1. The van der Waals surface area contributed by atoms with Gasteiger partial charge in [-0.1, -0.05) is 39.8 Å². The minimum Gasteiger partial charge on any atom is -0.504 e. The number of piperazine rings is 1. The molecular weight excluding hydrogens is 488 g/mol. The predicted octanol–water partition coefficient (Wildman–Crippen LogP) is -0.0624. The zero-order valence-corrected chi connectivity index (χ0v) is 20.1. The molecule has 0 radical (unpaired) electrons. The second kappa shape index (κ2) is 7.93. The van der Waals surface area contributed by atoms with E-state index in [4.69, 9.17) is 14.3 Å². The van der Waals surface area contributed by atoms with Crippen molar-refractivity contribution in [1.29, 1.82) is 0 Å². The van der Waals surface area contributed by atoms with E-state index in [1.54, 1.807) is 12.1 Å². The van der Waals surface area contributed by atoms with Crippen LogP contribution in [0.1, 0.15) is 17.2 Å². The fourth-order valence-corrected chi connectivity index (χ4v) is 8.71. The predicted molar refractivity (Wildman–Crippen MR) is 121 cm³/mol. The van der Waals surface area contributed by atoms with Crippen LogP contribution >= 0.6 is 21.6 Å². The number of carbonyl (C=O) groups excluding carboxylic acids is 2. The van der Waals surface area contributed by atoms with Crippen LogP contribution in [0.15, 0.2) is 24.3 Å². The van der Waals surface area contributed by atoms with Crippen LogP contribution in [0.3, 0.4) is 0 Å². The molecule has 1 aromatic rings. The first-order valence-electron chi connectivity index (χ1n) is 10.4. The molecule has 34 heavy (non-hydrogen) atoms. The Morgan fingerprint density at radius 3 is 2.59 bits per heavy atom. The quantitative estimate of drug-likeness (QED) is 0.319. The van der Waals surface area contributed by atoms with Crippen LogP contribution in [0, 0.1) is 0 Å². The summed E-state index contributed by atoms with van der Waals surface area (Å²) in [5, 5.41) is 43.4. The van der Waals surface area contributed by atoms with Gasteiger partial charge in [0.15, 0.2) is 11.5 Å². The lowest BCUT2D eigenvalue weighted by molar-refractivity contribution is -0.329. The highest BCUT2D eigenvalue weighted by Gasteiger charge is 2.70. The van der Waals surface area contributed by atoms with Crippen molar-refractivity contribution < 1.29 is 44.3 Å². The second-order valence-corrected chi connectivity index (χ2v) is 11.3. The van der Waals surface area contributed by atoms with Gasteiger partial charge in [0.05, 0.1) is 19.5 Å². The minimum absolute atomic E-state index is 0.0932. The molecule has 7 atom stereocenters. The van der Waals surface area contributed by atoms with Crippen LogP contribution in [0.5, 0.6) is 17.2 Å². The van der Waals surface area contributed by atoms with Crippen molar-refractivity contribution in [3.05, 3.63) is 29.8 Å². The van der Waals surface area contributed by atoms with Gasteiger partial charge in [0.25, 0.3) is 11.8 Å². The number of amides is 2. The van der Waals surface area contributed by atoms with E-state index in [0.29, 0.717) is 11.3 Å². The van der Waals surface area contributed by atoms with Crippen molar-refractivity contribution in [2.45, 2.75) is 46.5 Å². The topological polar surface area (TPSA) is 149 Å². The van der Waals surface area contributed by atoms with Crippen molar-refractivity contribution in [3.8, 4) is 17.2 Å². The summed E-state index contributed by atoms with van der Waals surface area (Å²) in [5.74, 6) is -0.901. The Morgan fingerprint density at radius 1 is 1.18 bits per heavy atom. The van der Waals surface area contributed by atoms with Crippen LogP contribution < -0.4 is 9.47 Å². The van der Waals surface area contributed by atoms with Gasteiger partial charge >= 0.3 is 0 Å².